The molecule has 3 unspecified atom stereocenters. The Morgan fingerprint density at radius 1 is 1.14 bits per heavy atom. The van der Waals surface area contributed by atoms with Crippen LogP contribution in [0.25, 0.3) is 0 Å². The average Bonchev–Trinajstić information content (AvgIpc) is 2.76. The summed E-state index contributed by atoms with van der Waals surface area (Å²) >= 11 is 0. The van der Waals surface area contributed by atoms with E-state index in [1.165, 1.54) is 32.1 Å². The van der Waals surface area contributed by atoms with Crippen LogP contribution in [0, 0.1) is 5.41 Å². The Morgan fingerprint density at radius 3 is 2.64 bits per heavy atom. The molecule has 3 aliphatic heterocycles. The van der Waals surface area contributed by atoms with Gasteiger partial charge in [0.25, 0.3) is 0 Å². The summed E-state index contributed by atoms with van der Waals surface area (Å²) in [5.74, 6) is 0. The van der Waals surface area contributed by atoms with Gasteiger partial charge in [0.15, 0.2) is 0 Å². The van der Waals surface area contributed by atoms with Crippen LogP contribution in [-0.2, 0) is 9.47 Å². The molecule has 0 aromatic carbocycles. The van der Waals surface area contributed by atoms with Crippen molar-refractivity contribution in [2.75, 3.05) is 6.61 Å². The molecule has 1 saturated carbocycles. The highest BCUT2D eigenvalue weighted by Gasteiger charge is 2.66. The van der Waals surface area contributed by atoms with Gasteiger partial charge in [-0.05, 0) is 32.1 Å². The molecule has 14 heavy (non-hydrogen) atoms. The topological polar surface area (TPSA) is 18.5 Å². The van der Waals surface area contributed by atoms with Crippen LogP contribution in [0.1, 0.15) is 32.1 Å². The molecule has 2 saturated heterocycles. The van der Waals surface area contributed by atoms with Crippen molar-refractivity contribution in [3.63, 3.8) is 0 Å². The van der Waals surface area contributed by atoms with E-state index >= 15 is 0 Å². The van der Waals surface area contributed by atoms with Crippen molar-refractivity contribution < 1.29 is 9.47 Å². The summed E-state index contributed by atoms with van der Waals surface area (Å²) < 4.78 is 12.0. The molecule has 76 valence electrons. The molecule has 3 heterocycles. The van der Waals surface area contributed by atoms with Crippen LogP contribution in [-0.4, -0.2) is 24.4 Å². The molecular formula is C12H16O2. The van der Waals surface area contributed by atoms with Crippen molar-refractivity contribution in [2.24, 2.45) is 5.41 Å². The zero-order valence-electron chi connectivity index (χ0n) is 8.37. The van der Waals surface area contributed by atoms with Gasteiger partial charge in [-0.1, -0.05) is 12.2 Å². The lowest BCUT2D eigenvalue weighted by atomic mass is 9.57. The molecule has 0 N–H and O–H groups in total. The maximum atomic E-state index is 6.05. The molecule has 2 bridgehead atoms. The Morgan fingerprint density at radius 2 is 2.07 bits per heavy atom. The van der Waals surface area contributed by atoms with Crippen LogP contribution in [0.15, 0.2) is 12.2 Å². The molecule has 2 spiro atoms. The van der Waals surface area contributed by atoms with Crippen LogP contribution >= 0.6 is 0 Å². The zero-order valence-corrected chi connectivity index (χ0v) is 8.37. The van der Waals surface area contributed by atoms with E-state index in [0.29, 0.717) is 17.6 Å². The zero-order chi connectivity index (χ0) is 9.23. The SMILES string of the molecule is C1=CC2OC1CC21CCOC12CCC2. The first-order valence-corrected chi connectivity index (χ1v) is 5.83. The van der Waals surface area contributed by atoms with Crippen molar-refractivity contribution in [3.8, 4) is 0 Å². The van der Waals surface area contributed by atoms with Crippen LogP contribution in [0.3, 0.4) is 0 Å². The second-order valence-electron chi connectivity index (χ2n) is 5.29. The third kappa shape index (κ3) is 0.664. The summed E-state index contributed by atoms with van der Waals surface area (Å²) in [4.78, 5) is 0. The van der Waals surface area contributed by atoms with Gasteiger partial charge >= 0.3 is 0 Å². The highest BCUT2D eigenvalue weighted by atomic mass is 16.5. The van der Waals surface area contributed by atoms with E-state index in [9.17, 15) is 0 Å². The Hall–Kier alpha value is -0.340. The monoisotopic (exact) mass is 192 g/mol. The Labute approximate surface area is 84.3 Å². The van der Waals surface area contributed by atoms with Crippen molar-refractivity contribution in [3.05, 3.63) is 12.2 Å². The van der Waals surface area contributed by atoms with Crippen molar-refractivity contribution in [2.45, 2.75) is 49.9 Å². The molecule has 2 nitrogen and oxygen atoms in total. The van der Waals surface area contributed by atoms with Crippen LogP contribution in [0.5, 0.6) is 0 Å². The quantitative estimate of drug-likeness (QED) is 0.547. The van der Waals surface area contributed by atoms with Gasteiger partial charge in [-0.25, -0.2) is 0 Å². The average molecular weight is 192 g/mol. The Bertz CT molecular complexity index is 305. The summed E-state index contributed by atoms with van der Waals surface area (Å²) in [5.41, 5.74) is 0.585. The largest absolute Gasteiger partial charge is 0.374 e. The highest BCUT2D eigenvalue weighted by Crippen LogP contribution is 2.63. The lowest BCUT2D eigenvalue weighted by Crippen LogP contribution is -2.54. The van der Waals surface area contributed by atoms with Gasteiger partial charge in [0.05, 0.1) is 17.8 Å². The fraction of sp³-hybridized carbons (Fsp3) is 0.833. The smallest absolute Gasteiger partial charge is 0.0850 e. The molecule has 1 aliphatic carbocycles. The number of rotatable bonds is 0. The van der Waals surface area contributed by atoms with Crippen LogP contribution < -0.4 is 0 Å². The third-order valence-corrected chi connectivity index (χ3v) is 4.93. The maximum Gasteiger partial charge on any atom is 0.0850 e. The summed E-state index contributed by atoms with van der Waals surface area (Å²) in [6.45, 7) is 0.959. The summed E-state index contributed by atoms with van der Waals surface area (Å²) in [5, 5.41) is 0. The first kappa shape index (κ1) is 7.89. The second kappa shape index (κ2) is 2.25. The number of hydrogen-bond donors (Lipinski definition) is 0. The van der Waals surface area contributed by atoms with E-state index in [0.717, 1.165) is 6.61 Å². The minimum Gasteiger partial charge on any atom is -0.374 e. The van der Waals surface area contributed by atoms with E-state index in [1.807, 2.05) is 0 Å². The molecule has 0 aromatic rings. The van der Waals surface area contributed by atoms with Gasteiger partial charge in [-0.15, -0.1) is 0 Å². The first-order valence-electron chi connectivity index (χ1n) is 5.83. The molecular weight excluding hydrogens is 176 g/mol. The van der Waals surface area contributed by atoms with Crippen molar-refractivity contribution in [1.82, 2.24) is 0 Å². The second-order valence-corrected chi connectivity index (χ2v) is 5.29. The third-order valence-electron chi connectivity index (χ3n) is 4.93. The van der Waals surface area contributed by atoms with Crippen LogP contribution in [0.4, 0.5) is 0 Å². The fourth-order valence-corrected chi connectivity index (χ4v) is 4.04. The van der Waals surface area contributed by atoms with Gasteiger partial charge in [-0.3, -0.25) is 0 Å². The predicted molar refractivity (Wildman–Crippen MR) is 52.0 cm³/mol. The van der Waals surface area contributed by atoms with Crippen LogP contribution in [0.2, 0.25) is 0 Å². The standard InChI is InChI=1S/C12H16O2/c1-4-12(5-1)11(6-7-13-12)8-9-2-3-10(11)14-9/h2-3,9-10H,1,4-8H2. The lowest BCUT2D eigenvalue weighted by molar-refractivity contribution is -0.132. The summed E-state index contributed by atoms with van der Waals surface area (Å²) in [7, 11) is 0. The van der Waals surface area contributed by atoms with Crippen molar-refractivity contribution >= 4 is 0 Å². The minimum absolute atomic E-state index is 0.219. The Balaban J connectivity index is 1.79. The molecule has 2 heteroatoms. The molecule has 0 amide bonds. The van der Waals surface area contributed by atoms with E-state index in [2.05, 4.69) is 12.2 Å². The van der Waals surface area contributed by atoms with Gasteiger partial charge in [0.1, 0.15) is 0 Å². The van der Waals surface area contributed by atoms with Gasteiger partial charge < -0.3 is 9.47 Å². The van der Waals surface area contributed by atoms with E-state index in [1.54, 1.807) is 0 Å². The van der Waals surface area contributed by atoms with E-state index < -0.39 is 0 Å². The van der Waals surface area contributed by atoms with Gasteiger partial charge in [-0.2, -0.15) is 0 Å². The highest BCUT2D eigenvalue weighted by molar-refractivity contribution is 5.25. The molecule has 0 aromatic heterocycles. The Kier molecular flexibility index (Phi) is 1.27. The molecule has 4 rings (SSSR count). The predicted octanol–water partition coefficient (Wildman–Crippen LogP) is 2.04. The summed E-state index contributed by atoms with van der Waals surface area (Å²) in [6, 6.07) is 0. The number of ether oxygens (including phenoxy) is 2. The van der Waals surface area contributed by atoms with E-state index in [4.69, 9.17) is 9.47 Å². The first-order chi connectivity index (χ1) is 6.85. The number of hydrogen-bond acceptors (Lipinski definition) is 2. The molecule has 3 atom stereocenters. The van der Waals surface area contributed by atoms with Gasteiger partial charge in [0.2, 0.25) is 0 Å². The lowest BCUT2D eigenvalue weighted by Gasteiger charge is -2.50. The van der Waals surface area contributed by atoms with E-state index in [-0.39, 0.29) is 5.60 Å². The number of fused-ring (bicyclic) bond motifs is 4. The molecule has 0 radical (unpaired) electrons. The minimum atomic E-state index is 0.219. The van der Waals surface area contributed by atoms with Gasteiger partial charge in [0, 0.05) is 12.0 Å². The summed E-state index contributed by atoms with van der Waals surface area (Å²) in [6.07, 6.45) is 11.6. The fourth-order valence-electron chi connectivity index (χ4n) is 4.04. The normalized spacial score (nSPS) is 52.0. The van der Waals surface area contributed by atoms with Crippen molar-refractivity contribution in [1.29, 1.82) is 0 Å². The molecule has 4 aliphatic rings. The molecule has 3 fully saturated rings. The maximum absolute atomic E-state index is 6.05.